The minimum atomic E-state index is -0.415. The maximum Gasteiger partial charge on any atom is 0.254 e. The van der Waals surface area contributed by atoms with Gasteiger partial charge in [0.1, 0.15) is 6.04 Å². The van der Waals surface area contributed by atoms with E-state index in [0.29, 0.717) is 36.7 Å². The molecule has 2 N–H and O–H groups in total. The van der Waals surface area contributed by atoms with Crippen LogP contribution >= 0.6 is 0 Å². The van der Waals surface area contributed by atoms with Gasteiger partial charge in [-0.05, 0) is 31.5 Å². The molecule has 3 aromatic rings. The molecule has 7 heteroatoms. The van der Waals surface area contributed by atoms with Gasteiger partial charge in [0.15, 0.2) is 11.6 Å². The quantitative estimate of drug-likeness (QED) is 0.718. The van der Waals surface area contributed by atoms with Crippen LogP contribution in [-0.4, -0.2) is 51.0 Å². The largest absolute Gasteiger partial charge is 0.353 e. The SMILES string of the molecule is CC[C@H]1C(=O)NCCN1C(=O)c1ccc(-c2nc(-c3cccc(C)c3)n[nH]2)cc1. The van der Waals surface area contributed by atoms with Crippen LogP contribution in [0.1, 0.15) is 29.3 Å². The summed E-state index contributed by atoms with van der Waals surface area (Å²) in [7, 11) is 0. The summed E-state index contributed by atoms with van der Waals surface area (Å²) in [5.41, 5.74) is 3.50. The van der Waals surface area contributed by atoms with Crippen molar-refractivity contribution in [2.75, 3.05) is 13.1 Å². The number of benzene rings is 2. The number of aromatic amines is 1. The summed E-state index contributed by atoms with van der Waals surface area (Å²) in [4.78, 5) is 31.1. The van der Waals surface area contributed by atoms with Crippen molar-refractivity contribution in [1.29, 1.82) is 0 Å². The van der Waals surface area contributed by atoms with Gasteiger partial charge in [0.2, 0.25) is 5.91 Å². The first kappa shape index (κ1) is 18.9. The van der Waals surface area contributed by atoms with E-state index in [2.05, 4.69) is 20.5 Å². The van der Waals surface area contributed by atoms with E-state index in [1.807, 2.05) is 50.2 Å². The fourth-order valence-electron chi connectivity index (χ4n) is 3.60. The molecule has 2 aromatic carbocycles. The van der Waals surface area contributed by atoms with E-state index in [1.165, 1.54) is 0 Å². The van der Waals surface area contributed by atoms with Crippen LogP contribution in [0.3, 0.4) is 0 Å². The van der Waals surface area contributed by atoms with E-state index < -0.39 is 6.04 Å². The van der Waals surface area contributed by atoms with E-state index >= 15 is 0 Å². The van der Waals surface area contributed by atoms with Crippen LogP contribution in [-0.2, 0) is 4.79 Å². The topological polar surface area (TPSA) is 91.0 Å². The second-order valence-electron chi connectivity index (χ2n) is 7.17. The molecule has 1 aliphatic rings. The summed E-state index contributed by atoms with van der Waals surface area (Å²) < 4.78 is 0. The first-order chi connectivity index (χ1) is 14.1. The number of nitrogens with zero attached hydrogens (tertiary/aromatic N) is 3. The molecule has 1 atom stereocenters. The minimum absolute atomic E-state index is 0.0888. The van der Waals surface area contributed by atoms with Crippen molar-refractivity contribution >= 4 is 11.8 Å². The Hall–Kier alpha value is -3.48. The van der Waals surface area contributed by atoms with Crippen molar-refractivity contribution in [3.05, 3.63) is 59.7 Å². The van der Waals surface area contributed by atoms with Gasteiger partial charge < -0.3 is 10.2 Å². The molecule has 7 nitrogen and oxygen atoms in total. The van der Waals surface area contributed by atoms with Crippen LogP contribution in [0.4, 0.5) is 0 Å². The molecule has 4 rings (SSSR count). The normalized spacial score (nSPS) is 16.6. The van der Waals surface area contributed by atoms with Gasteiger partial charge in [-0.1, -0.05) is 42.8 Å². The second-order valence-corrected chi connectivity index (χ2v) is 7.17. The number of hydrogen-bond acceptors (Lipinski definition) is 4. The lowest BCUT2D eigenvalue weighted by molar-refractivity contribution is -0.127. The first-order valence-electron chi connectivity index (χ1n) is 9.75. The van der Waals surface area contributed by atoms with Gasteiger partial charge in [-0.3, -0.25) is 14.7 Å². The molecule has 2 heterocycles. The molecule has 0 unspecified atom stereocenters. The van der Waals surface area contributed by atoms with E-state index in [4.69, 9.17) is 0 Å². The summed E-state index contributed by atoms with van der Waals surface area (Å²) in [5.74, 6) is 1.06. The Kier molecular flexibility index (Phi) is 5.12. The average molecular weight is 389 g/mol. The molecule has 1 fully saturated rings. The minimum Gasteiger partial charge on any atom is -0.353 e. The molecule has 29 heavy (non-hydrogen) atoms. The standard InChI is InChI=1S/C22H23N5O2/c1-3-18-21(28)23-11-12-27(18)22(29)16-9-7-15(8-10-16)19-24-20(26-25-19)17-6-4-5-14(2)13-17/h4-10,13,18H,3,11-12H2,1-2H3,(H,23,28)(H,24,25,26)/t18-/m0/s1. The highest BCUT2D eigenvalue weighted by Crippen LogP contribution is 2.22. The highest BCUT2D eigenvalue weighted by Gasteiger charge is 2.32. The molecule has 0 saturated carbocycles. The Bertz CT molecular complexity index is 1040. The van der Waals surface area contributed by atoms with Gasteiger partial charge in [0, 0.05) is 29.8 Å². The number of carbonyl (C=O) groups excluding carboxylic acids is 2. The zero-order chi connectivity index (χ0) is 20.4. The number of carbonyl (C=O) groups is 2. The molecular weight excluding hydrogens is 366 g/mol. The molecular formula is C22H23N5O2. The number of aryl methyl sites for hydroxylation is 1. The van der Waals surface area contributed by atoms with Crippen LogP contribution in [0.15, 0.2) is 48.5 Å². The predicted molar refractivity (Wildman–Crippen MR) is 110 cm³/mol. The Labute approximate surface area is 169 Å². The second kappa shape index (κ2) is 7.87. The van der Waals surface area contributed by atoms with Gasteiger partial charge >= 0.3 is 0 Å². The van der Waals surface area contributed by atoms with E-state index in [9.17, 15) is 9.59 Å². The van der Waals surface area contributed by atoms with E-state index in [0.717, 1.165) is 16.7 Å². The lowest BCUT2D eigenvalue weighted by Crippen LogP contribution is -2.56. The first-order valence-corrected chi connectivity index (χ1v) is 9.75. The van der Waals surface area contributed by atoms with Crippen molar-refractivity contribution in [3.8, 4) is 22.8 Å². The number of amides is 2. The van der Waals surface area contributed by atoms with Gasteiger partial charge in [-0.2, -0.15) is 5.10 Å². The summed E-state index contributed by atoms with van der Waals surface area (Å²) in [6, 6.07) is 14.8. The molecule has 1 saturated heterocycles. The molecule has 2 amide bonds. The summed E-state index contributed by atoms with van der Waals surface area (Å²) in [6.07, 6.45) is 0.593. The van der Waals surface area contributed by atoms with Crippen molar-refractivity contribution in [2.45, 2.75) is 26.3 Å². The van der Waals surface area contributed by atoms with Crippen molar-refractivity contribution < 1.29 is 9.59 Å². The highest BCUT2D eigenvalue weighted by atomic mass is 16.2. The maximum absolute atomic E-state index is 12.9. The lowest BCUT2D eigenvalue weighted by atomic mass is 10.1. The lowest BCUT2D eigenvalue weighted by Gasteiger charge is -2.34. The van der Waals surface area contributed by atoms with E-state index in [1.54, 1.807) is 17.0 Å². The Morgan fingerprint density at radius 2 is 1.97 bits per heavy atom. The van der Waals surface area contributed by atoms with Crippen molar-refractivity contribution in [1.82, 2.24) is 25.4 Å². The van der Waals surface area contributed by atoms with Crippen molar-refractivity contribution in [2.24, 2.45) is 0 Å². The van der Waals surface area contributed by atoms with Crippen LogP contribution in [0, 0.1) is 6.92 Å². The van der Waals surface area contributed by atoms with Crippen LogP contribution < -0.4 is 5.32 Å². The smallest absolute Gasteiger partial charge is 0.254 e. The number of rotatable bonds is 4. The summed E-state index contributed by atoms with van der Waals surface area (Å²) in [6.45, 7) is 4.95. The van der Waals surface area contributed by atoms with E-state index in [-0.39, 0.29) is 11.8 Å². The van der Waals surface area contributed by atoms with Gasteiger partial charge in [-0.15, -0.1) is 0 Å². The summed E-state index contributed by atoms with van der Waals surface area (Å²) >= 11 is 0. The average Bonchev–Trinajstić information content (AvgIpc) is 3.23. The highest BCUT2D eigenvalue weighted by molar-refractivity contribution is 5.98. The fraction of sp³-hybridized carbons (Fsp3) is 0.273. The molecule has 1 aromatic heterocycles. The van der Waals surface area contributed by atoms with Crippen LogP contribution in [0.25, 0.3) is 22.8 Å². The molecule has 148 valence electrons. The number of H-pyrrole nitrogens is 1. The zero-order valence-electron chi connectivity index (χ0n) is 16.5. The van der Waals surface area contributed by atoms with Gasteiger partial charge in [0.25, 0.3) is 5.91 Å². The van der Waals surface area contributed by atoms with Gasteiger partial charge in [0.05, 0.1) is 0 Å². The number of aromatic nitrogens is 3. The number of piperazine rings is 1. The van der Waals surface area contributed by atoms with Crippen LogP contribution in [0.2, 0.25) is 0 Å². The third-order valence-corrected chi connectivity index (χ3v) is 5.15. The van der Waals surface area contributed by atoms with Crippen molar-refractivity contribution in [3.63, 3.8) is 0 Å². The Balaban J connectivity index is 1.54. The maximum atomic E-state index is 12.9. The zero-order valence-corrected chi connectivity index (χ0v) is 16.5. The molecule has 1 aliphatic heterocycles. The Morgan fingerprint density at radius 3 is 2.69 bits per heavy atom. The molecule has 0 bridgehead atoms. The monoisotopic (exact) mass is 389 g/mol. The molecule has 0 spiro atoms. The predicted octanol–water partition coefficient (Wildman–Crippen LogP) is 2.80. The summed E-state index contributed by atoms with van der Waals surface area (Å²) in [5, 5.41) is 10.1. The van der Waals surface area contributed by atoms with Crippen LogP contribution in [0.5, 0.6) is 0 Å². The molecule has 0 radical (unpaired) electrons. The fourth-order valence-corrected chi connectivity index (χ4v) is 3.60. The number of nitrogens with one attached hydrogen (secondary N) is 2. The Morgan fingerprint density at radius 1 is 1.17 bits per heavy atom. The molecule has 0 aliphatic carbocycles. The third kappa shape index (κ3) is 3.76. The van der Waals surface area contributed by atoms with Gasteiger partial charge in [-0.25, -0.2) is 4.98 Å². The third-order valence-electron chi connectivity index (χ3n) is 5.15. The number of hydrogen-bond donors (Lipinski definition) is 2.